The van der Waals surface area contributed by atoms with Crippen molar-refractivity contribution in [1.29, 1.82) is 0 Å². The molecular formula is C9H14N2O3. The number of nitrogens with one attached hydrogen (secondary N) is 1. The molecule has 1 amide bonds. The van der Waals surface area contributed by atoms with Gasteiger partial charge in [-0.2, -0.15) is 0 Å². The summed E-state index contributed by atoms with van der Waals surface area (Å²) in [6.07, 6.45) is 0.693. The van der Waals surface area contributed by atoms with E-state index in [4.69, 9.17) is 9.73 Å². The molecule has 0 saturated heterocycles. The van der Waals surface area contributed by atoms with Gasteiger partial charge in [0.1, 0.15) is 5.76 Å². The van der Waals surface area contributed by atoms with Gasteiger partial charge in [0.2, 0.25) is 0 Å². The van der Waals surface area contributed by atoms with Crippen LogP contribution in [-0.2, 0) is 6.42 Å². The number of carbonyl (C=O) groups is 1. The smallest absolute Gasteiger partial charge is 0.296 e. The summed E-state index contributed by atoms with van der Waals surface area (Å²) in [6, 6.07) is 1.52. The highest BCUT2D eigenvalue weighted by Crippen LogP contribution is 2.20. The van der Waals surface area contributed by atoms with Gasteiger partial charge in [-0.05, 0) is 5.41 Å². The standard InChI is InChI=1S/C9H14N2O3/c1-9(2,3)5-6-4-7(11-14-6)8(12)10-13/h4,13H,5H2,1-3H3,(H,10,12). The first-order valence-corrected chi connectivity index (χ1v) is 4.32. The molecule has 2 N–H and O–H groups in total. The maximum atomic E-state index is 10.9. The van der Waals surface area contributed by atoms with Gasteiger partial charge in [-0.1, -0.05) is 25.9 Å². The Morgan fingerprint density at radius 2 is 2.29 bits per heavy atom. The molecule has 0 spiro atoms. The molecule has 1 heterocycles. The number of hydrogen-bond donors (Lipinski definition) is 2. The molecule has 0 aromatic carbocycles. The van der Waals surface area contributed by atoms with Crippen LogP contribution >= 0.6 is 0 Å². The fraction of sp³-hybridized carbons (Fsp3) is 0.556. The first kappa shape index (κ1) is 10.7. The molecule has 14 heavy (non-hydrogen) atoms. The quantitative estimate of drug-likeness (QED) is 0.556. The van der Waals surface area contributed by atoms with E-state index in [1.165, 1.54) is 11.5 Å². The summed E-state index contributed by atoms with van der Waals surface area (Å²) in [4.78, 5) is 10.9. The normalized spacial score (nSPS) is 11.4. The van der Waals surface area contributed by atoms with E-state index in [1.807, 2.05) is 0 Å². The molecule has 0 aliphatic rings. The molecule has 1 rings (SSSR count). The molecular weight excluding hydrogens is 184 g/mol. The van der Waals surface area contributed by atoms with Crippen LogP contribution in [0, 0.1) is 5.41 Å². The van der Waals surface area contributed by atoms with E-state index in [9.17, 15) is 4.79 Å². The Morgan fingerprint density at radius 1 is 1.64 bits per heavy atom. The van der Waals surface area contributed by atoms with Crippen LogP contribution in [0.3, 0.4) is 0 Å². The summed E-state index contributed by atoms with van der Waals surface area (Å²) in [5, 5.41) is 11.9. The molecule has 5 nitrogen and oxygen atoms in total. The molecule has 0 fully saturated rings. The SMILES string of the molecule is CC(C)(C)Cc1cc(C(=O)NO)no1. The number of hydrogen-bond acceptors (Lipinski definition) is 4. The highest BCUT2D eigenvalue weighted by Gasteiger charge is 2.17. The third-order valence-corrected chi connectivity index (χ3v) is 1.60. The van der Waals surface area contributed by atoms with Gasteiger partial charge in [-0.15, -0.1) is 0 Å². The predicted octanol–water partition coefficient (Wildman–Crippen LogP) is 1.38. The van der Waals surface area contributed by atoms with Crippen LogP contribution in [-0.4, -0.2) is 16.3 Å². The molecule has 0 aliphatic heterocycles. The molecule has 1 aromatic heterocycles. The van der Waals surface area contributed by atoms with Crippen LogP contribution in [0.2, 0.25) is 0 Å². The summed E-state index contributed by atoms with van der Waals surface area (Å²) < 4.78 is 4.94. The largest absolute Gasteiger partial charge is 0.361 e. The zero-order valence-electron chi connectivity index (χ0n) is 8.50. The Bertz CT molecular complexity index is 325. The van der Waals surface area contributed by atoms with Crippen LogP contribution in [0.15, 0.2) is 10.6 Å². The predicted molar refractivity (Wildman–Crippen MR) is 48.9 cm³/mol. The van der Waals surface area contributed by atoms with E-state index in [0.717, 1.165) is 0 Å². The van der Waals surface area contributed by atoms with Crippen molar-refractivity contribution in [1.82, 2.24) is 10.6 Å². The minimum Gasteiger partial charge on any atom is -0.361 e. The van der Waals surface area contributed by atoms with Crippen molar-refractivity contribution in [2.75, 3.05) is 0 Å². The van der Waals surface area contributed by atoms with E-state index >= 15 is 0 Å². The first-order valence-electron chi connectivity index (χ1n) is 4.32. The average molecular weight is 198 g/mol. The van der Waals surface area contributed by atoms with Crippen LogP contribution in [0.25, 0.3) is 0 Å². The van der Waals surface area contributed by atoms with Crippen molar-refractivity contribution in [3.05, 3.63) is 17.5 Å². The van der Waals surface area contributed by atoms with E-state index in [2.05, 4.69) is 25.9 Å². The summed E-state index contributed by atoms with van der Waals surface area (Å²) in [5.74, 6) is -0.0231. The van der Waals surface area contributed by atoms with Gasteiger partial charge in [0.25, 0.3) is 5.91 Å². The van der Waals surface area contributed by atoms with E-state index in [0.29, 0.717) is 12.2 Å². The lowest BCUT2D eigenvalue weighted by atomic mass is 9.91. The lowest BCUT2D eigenvalue weighted by Gasteiger charge is -2.14. The van der Waals surface area contributed by atoms with Crippen LogP contribution in [0.5, 0.6) is 0 Å². The fourth-order valence-corrected chi connectivity index (χ4v) is 1.08. The summed E-state index contributed by atoms with van der Waals surface area (Å²) in [6.45, 7) is 6.17. The Balaban J connectivity index is 2.74. The zero-order valence-corrected chi connectivity index (χ0v) is 8.50. The van der Waals surface area contributed by atoms with Crippen LogP contribution in [0.4, 0.5) is 0 Å². The molecule has 0 unspecified atom stereocenters. The van der Waals surface area contributed by atoms with Gasteiger partial charge in [-0.25, -0.2) is 5.48 Å². The minimum atomic E-state index is -0.658. The molecule has 0 saturated carbocycles. The summed E-state index contributed by atoms with van der Waals surface area (Å²) in [7, 11) is 0. The second-order valence-corrected chi connectivity index (χ2v) is 4.36. The van der Waals surface area contributed by atoms with Crippen molar-refractivity contribution in [2.45, 2.75) is 27.2 Å². The van der Waals surface area contributed by atoms with Gasteiger partial charge in [0.15, 0.2) is 5.69 Å². The minimum absolute atomic E-state index is 0.0759. The van der Waals surface area contributed by atoms with E-state index in [1.54, 1.807) is 0 Å². The number of nitrogens with zero attached hydrogens (tertiary/aromatic N) is 1. The number of amides is 1. The monoisotopic (exact) mass is 198 g/mol. The number of hydroxylamine groups is 1. The Kier molecular flexibility index (Phi) is 2.90. The molecule has 0 atom stereocenters. The maximum Gasteiger partial charge on any atom is 0.296 e. The molecule has 0 bridgehead atoms. The lowest BCUT2D eigenvalue weighted by molar-refractivity contribution is 0.0696. The molecule has 5 heteroatoms. The highest BCUT2D eigenvalue weighted by molar-refractivity contribution is 5.91. The molecule has 1 aromatic rings. The summed E-state index contributed by atoms with van der Waals surface area (Å²) in [5.41, 5.74) is 1.66. The Morgan fingerprint density at radius 3 is 2.79 bits per heavy atom. The fourth-order valence-electron chi connectivity index (χ4n) is 1.08. The van der Waals surface area contributed by atoms with Gasteiger partial charge >= 0.3 is 0 Å². The van der Waals surface area contributed by atoms with Crippen LogP contribution in [0.1, 0.15) is 37.0 Å². The Labute approximate surface area is 82.0 Å². The van der Waals surface area contributed by atoms with Gasteiger partial charge in [0, 0.05) is 12.5 Å². The van der Waals surface area contributed by atoms with Crippen molar-refractivity contribution < 1.29 is 14.5 Å². The zero-order chi connectivity index (χ0) is 10.8. The second kappa shape index (κ2) is 3.79. The molecule has 78 valence electrons. The third-order valence-electron chi connectivity index (χ3n) is 1.60. The van der Waals surface area contributed by atoms with E-state index < -0.39 is 5.91 Å². The summed E-state index contributed by atoms with van der Waals surface area (Å²) >= 11 is 0. The van der Waals surface area contributed by atoms with Crippen molar-refractivity contribution in [3.63, 3.8) is 0 Å². The average Bonchev–Trinajstić information content (AvgIpc) is 2.48. The second-order valence-electron chi connectivity index (χ2n) is 4.36. The Hall–Kier alpha value is -1.36. The van der Waals surface area contributed by atoms with E-state index in [-0.39, 0.29) is 11.1 Å². The first-order chi connectivity index (χ1) is 6.42. The van der Waals surface area contributed by atoms with Crippen molar-refractivity contribution in [3.8, 4) is 0 Å². The lowest BCUT2D eigenvalue weighted by Crippen LogP contribution is -2.18. The molecule has 0 aliphatic carbocycles. The van der Waals surface area contributed by atoms with Gasteiger partial charge < -0.3 is 4.52 Å². The third kappa shape index (κ3) is 2.85. The molecule has 0 radical (unpaired) electrons. The number of aromatic nitrogens is 1. The van der Waals surface area contributed by atoms with Gasteiger partial charge in [-0.3, -0.25) is 10.0 Å². The number of rotatable bonds is 2. The topological polar surface area (TPSA) is 75.4 Å². The van der Waals surface area contributed by atoms with Crippen molar-refractivity contribution in [2.24, 2.45) is 5.41 Å². The van der Waals surface area contributed by atoms with Crippen molar-refractivity contribution >= 4 is 5.91 Å². The highest BCUT2D eigenvalue weighted by atomic mass is 16.5. The maximum absolute atomic E-state index is 10.9. The number of carbonyl (C=O) groups excluding carboxylic acids is 1. The van der Waals surface area contributed by atoms with Crippen LogP contribution < -0.4 is 5.48 Å². The van der Waals surface area contributed by atoms with Gasteiger partial charge in [0.05, 0.1) is 0 Å².